The Balaban J connectivity index is 1.62. The normalized spacial score (nSPS) is 22.3. The molecule has 1 aromatic rings. The third-order valence-corrected chi connectivity index (χ3v) is 4.96. The summed E-state index contributed by atoms with van der Waals surface area (Å²) in [5.41, 5.74) is 3.43. The molecule has 0 aromatic heterocycles. The van der Waals surface area contributed by atoms with Crippen LogP contribution in [0.4, 0.5) is 0 Å². The second kappa shape index (κ2) is 5.87. The summed E-state index contributed by atoms with van der Waals surface area (Å²) in [6.45, 7) is 8.27. The number of nitrogens with one attached hydrogen (secondary N) is 1. The van der Waals surface area contributed by atoms with Gasteiger partial charge in [-0.25, -0.2) is 0 Å². The number of nitrogens with zero attached hydrogens (tertiary/aromatic N) is 1. The largest absolute Gasteiger partial charge is 0.314 e. The Morgan fingerprint density at radius 2 is 1.95 bits per heavy atom. The van der Waals surface area contributed by atoms with E-state index < -0.39 is 0 Å². The Bertz CT molecular complexity index is 448. The van der Waals surface area contributed by atoms with E-state index in [0.29, 0.717) is 5.54 Å². The Hall–Kier alpha value is -0.860. The molecule has 1 aliphatic carbocycles. The maximum absolute atomic E-state index is 3.63. The van der Waals surface area contributed by atoms with Crippen LogP contribution in [0.15, 0.2) is 24.3 Å². The van der Waals surface area contributed by atoms with Crippen molar-refractivity contribution in [3.05, 3.63) is 35.4 Å². The summed E-state index contributed by atoms with van der Waals surface area (Å²) >= 11 is 0. The molecule has 0 radical (unpaired) electrons. The third-order valence-electron chi connectivity index (χ3n) is 4.96. The average Bonchev–Trinajstić information content (AvgIpc) is 3.17. The van der Waals surface area contributed by atoms with Gasteiger partial charge in [-0.2, -0.15) is 0 Å². The highest BCUT2D eigenvalue weighted by Gasteiger charge is 2.31. The van der Waals surface area contributed by atoms with Crippen LogP contribution >= 0.6 is 0 Å². The van der Waals surface area contributed by atoms with Crippen LogP contribution in [0, 0.1) is 0 Å². The van der Waals surface area contributed by atoms with Crippen molar-refractivity contribution in [3.63, 3.8) is 0 Å². The summed E-state index contributed by atoms with van der Waals surface area (Å²) in [5.74, 6) is 0. The molecule has 2 nitrogen and oxygen atoms in total. The zero-order valence-electron chi connectivity index (χ0n) is 13.0. The minimum atomic E-state index is 0.374. The molecule has 1 aromatic carbocycles. The fraction of sp³-hybridized carbons (Fsp3) is 0.667. The van der Waals surface area contributed by atoms with Gasteiger partial charge in [-0.1, -0.05) is 24.3 Å². The minimum Gasteiger partial charge on any atom is -0.314 e. The molecule has 0 atom stereocenters. The van der Waals surface area contributed by atoms with E-state index in [9.17, 15) is 0 Å². The highest BCUT2D eigenvalue weighted by atomic mass is 15.2. The summed E-state index contributed by atoms with van der Waals surface area (Å²) in [7, 11) is 0. The molecule has 1 aliphatic heterocycles. The molecule has 1 saturated heterocycles. The molecule has 110 valence electrons. The maximum Gasteiger partial charge on any atom is 0.0241 e. The zero-order chi connectivity index (χ0) is 14.0. The third kappa shape index (κ3) is 3.42. The first kappa shape index (κ1) is 14.1. The predicted octanol–water partition coefficient (Wildman–Crippen LogP) is 3.36. The standard InChI is InChI=1S/C18H28N2/c1-18(2)11-5-13-20(18)14-16-7-4-3-6-15(16)10-12-19-17-8-9-17/h3-4,6-7,17,19H,5,8-14H2,1-2H3. The number of hydrogen-bond donors (Lipinski definition) is 1. The van der Waals surface area contributed by atoms with Gasteiger partial charge in [-0.15, -0.1) is 0 Å². The monoisotopic (exact) mass is 272 g/mol. The SMILES string of the molecule is CC1(C)CCCN1Cc1ccccc1CCNC1CC1. The van der Waals surface area contributed by atoms with Gasteiger partial charge < -0.3 is 5.32 Å². The second-order valence-electron chi connectivity index (χ2n) is 7.08. The molecule has 0 unspecified atom stereocenters. The molecule has 1 heterocycles. The smallest absolute Gasteiger partial charge is 0.0241 e. The number of likely N-dealkylation sites (tertiary alicyclic amines) is 1. The molecular formula is C18H28N2. The van der Waals surface area contributed by atoms with Crippen molar-refractivity contribution in [1.82, 2.24) is 10.2 Å². The molecular weight excluding hydrogens is 244 g/mol. The van der Waals surface area contributed by atoms with Crippen LogP contribution in [-0.2, 0) is 13.0 Å². The lowest BCUT2D eigenvalue weighted by Gasteiger charge is -2.32. The molecule has 0 amide bonds. The van der Waals surface area contributed by atoms with Gasteiger partial charge in [0.25, 0.3) is 0 Å². The van der Waals surface area contributed by atoms with Crippen LogP contribution in [0.5, 0.6) is 0 Å². The lowest BCUT2D eigenvalue weighted by atomic mass is 9.99. The Kier molecular flexibility index (Phi) is 4.13. The topological polar surface area (TPSA) is 15.3 Å². The van der Waals surface area contributed by atoms with E-state index in [1.165, 1.54) is 49.8 Å². The van der Waals surface area contributed by atoms with Crippen LogP contribution in [0.1, 0.15) is 50.7 Å². The first-order valence-electron chi connectivity index (χ1n) is 8.20. The van der Waals surface area contributed by atoms with Gasteiger partial charge in [0.1, 0.15) is 0 Å². The first-order chi connectivity index (χ1) is 9.65. The Morgan fingerprint density at radius 1 is 1.20 bits per heavy atom. The van der Waals surface area contributed by atoms with Crippen molar-refractivity contribution in [2.45, 2.75) is 64.1 Å². The van der Waals surface area contributed by atoms with Crippen molar-refractivity contribution in [1.29, 1.82) is 0 Å². The van der Waals surface area contributed by atoms with Gasteiger partial charge in [0.2, 0.25) is 0 Å². The predicted molar refractivity (Wildman–Crippen MR) is 84.9 cm³/mol. The van der Waals surface area contributed by atoms with Gasteiger partial charge in [0.15, 0.2) is 0 Å². The molecule has 1 saturated carbocycles. The quantitative estimate of drug-likeness (QED) is 0.854. The van der Waals surface area contributed by atoms with Crippen molar-refractivity contribution in [2.24, 2.45) is 0 Å². The lowest BCUT2D eigenvalue weighted by Crippen LogP contribution is -2.37. The van der Waals surface area contributed by atoms with Crippen molar-refractivity contribution >= 4 is 0 Å². The first-order valence-corrected chi connectivity index (χ1v) is 8.20. The van der Waals surface area contributed by atoms with Crippen molar-refractivity contribution in [2.75, 3.05) is 13.1 Å². The molecule has 2 heteroatoms. The van der Waals surface area contributed by atoms with Crippen LogP contribution in [-0.4, -0.2) is 29.6 Å². The molecule has 1 N–H and O–H groups in total. The fourth-order valence-electron chi connectivity index (χ4n) is 3.32. The summed E-state index contributed by atoms with van der Waals surface area (Å²) in [6, 6.07) is 9.83. The van der Waals surface area contributed by atoms with E-state index in [0.717, 1.165) is 19.1 Å². The highest BCUT2D eigenvalue weighted by molar-refractivity contribution is 5.27. The van der Waals surface area contributed by atoms with E-state index in [2.05, 4.69) is 48.3 Å². The zero-order valence-corrected chi connectivity index (χ0v) is 13.0. The van der Waals surface area contributed by atoms with Crippen molar-refractivity contribution < 1.29 is 0 Å². The van der Waals surface area contributed by atoms with Gasteiger partial charge in [-0.3, -0.25) is 4.90 Å². The van der Waals surface area contributed by atoms with Gasteiger partial charge in [-0.05, 0) is 70.2 Å². The highest BCUT2D eigenvalue weighted by Crippen LogP contribution is 2.30. The number of rotatable bonds is 6. The summed E-state index contributed by atoms with van der Waals surface area (Å²) in [4.78, 5) is 2.65. The molecule has 0 spiro atoms. The van der Waals surface area contributed by atoms with Crippen molar-refractivity contribution in [3.8, 4) is 0 Å². The van der Waals surface area contributed by atoms with E-state index in [1.807, 2.05) is 0 Å². The maximum atomic E-state index is 3.63. The lowest BCUT2D eigenvalue weighted by molar-refractivity contribution is 0.166. The van der Waals surface area contributed by atoms with Gasteiger partial charge >= 0.3 is 0 Å². The molecule has 0 bridgehead atoms. The number of hydrogen-bond acceptors (Lipinski definition) is 2. The second-order valence-corrected chi connectivity index (χ2v) is 7.08. The molecule has 3 rings (SSSR count). The average molecular weight is 272 g/mol. The minimum absolute atomic E-state index is 0.374. The fourth-order valence-corrected chi connectivity index (χ4v) is 3.32. The van der Waals surface area contributed by atoms with Crippen LogP contribution in [0.3, 0.4) is 0 Å². The van der Waals surface area contributed by atoms with Gasteiger partial charge in [0, 0.05) is 18.1 Å². The van der Waals surface area contributed by atoms with E-state index in [-0.39, 0.29) is 0 Å². The van der Waals surface area contributed by atoms with Crippen LogP contribution < -0.4 is 5.32 Å². The van der Waals surface area contributed by atoms with E-state index >= 15 is 0 Å². The van der Waals surface area contributed by atoms with E-state index in [1.54, 1.807) is 0 Å². The Morgan fingerprint density at radius 3 is 2.60 bits per heavy atom. The number of benzene rings is 1. The van der Waals surface area contributed by atoms with Crippen LogP contribution in [0.25, 0.3) is 0 Å². The summed E-state index contributed by atoms with van der Waals surface area (Å²) in [5, 5.41) is 3.63. The van der Waals surface area contributed by atoms with Gasteiger partial charge in [0.05, 0.1) is 0 Å². The van der Waals surface area contributed by atoms with E-state index in [4.69, 9.17) is 0 Å². The molecule has 2 fully saturated rings. The Labute approximate surface area is 123 Å². The molecule has 2 aliphatic rings. The van der Waals surface area contributed by atoms with Crippen LogP contribution in [0.2, 0.25) is 0 Å². The summed E-state index contributed by atoms with van der Waals surface area (Å²) < 4.78 is 0. The summed E-state index contributed by atoms with van der Waals surface area (Å²) in [6.07, 6.45) is 6.60. The molecule has 20 heavy (non-hydrogen) atoms.